The van der Waals surface area contributed by atoms with Crippen molar-refractivity contribution in [2.75, 3.05) is 20.2 Å². The zero-order valence-electron chi connectivity index (χ0n) is 15.9. The highest BCUT2D eigenvalue weighted by Gasteiger charge is 2.29. The van der Waals surface area contributed by atoms with Crippen molar-refractivity contribution in [2.45, 2.75) is 31.6 Å². The summed E-state index contributed by atoms with van der Waals surface area (Å²) in [7, 11) is 1.39. The summed E-state index contributed by atoms with van der Waals surface area (Å²) in [4.78, 5) is 25.6. The second-order valence-electron chi connectivity index (χ2n) is 7.29. The molecule has 0 bridgehead atoms. The molecule has 6 heteroatoms. The van der Waals surface area contributed by atoms with Crippen molar-refractivity contribution in [1.82, 2.24) is 10.1 Å². The molecule has 0 atom stereocenters. The van der Waals surface area contributed by atoms with Gasteiger partial charge in [0.05, 0.1) is 12.7 Å². The number of H-pyrrole nitrogens is 1. The van der Waals surface area contributed by atoms with E-state index in [2.05, 4.69) is 35.5 Å². The van der Waals surface area contributed by atoms with Crippen LogP contribution in [0, 0.1) is 0 Å². The number of hydrogen-bond donors (Lipinski definition) is 1. The number of ether oxygens (including phenoxy) is 1. The van der Waals surface area contributed by atoms with Crippen LogP contribution in [0.4, 0.5) is 4.79 Å². The first kappa shape index (κ1) is 18.3. The smallest absolute Gasteiger partial charge is 0.409 e. The average Bonchev–Trinajstić information content (AvgIpc) is 3.12. The maximum absolute atomic E-state index is 12.3. The number of likely N-dealkylation sites (tertiary alicyclic amines) is 1. The van der Waals surface area contributed by atoms with E-state index in [0.29, 0.717) is 19.5 Å². The highest BCUT2D eigenvalue weighted by Crippen LogP contribution is 2.30. The molecule has 28 heavy (non-hydrogen) atoms. The van der Waals surface area contributed by atoms with Gasteiger partial charge in [-0.05, 0) is 42.0 Å². The van der Waals surface area contributed by atoms with Gasteiger partial charge in [-0.3, -0.25) is 4.79 Å². The molecule has 0 unspecified atom stereocenters. The van der Waals surface area contributed by atoms with Crippen molar-refractivity contribution in [1.29, 1.82) is 0 Å². The van der Waals surface area contributed by atoms with Gasteiger partial charge in [-0.2, -0.15) is 5.16 Å². The van der Waals surface area contributed by atoms with Crippen LogP contribution in [0.2, 0.25) is 0 Å². The quantitative estimate of drug-likeness (QED) is 0.746. The predicted molar refractivity (Wildman–Crippen MR) is 107 cm³/mol. The molecule has 1 aliphatic heterocycles. The van der Waals surface area contributed by atoms with Crippen molar-refractivity contribution in [3.63, 3.8) is 0 Å². The Morgan fingerprint density at radius 1 is 1.14 bits per heavy atom. The molecular weight excluding hydrogens is 356 g/mol. The third-order valence-corrected chi connectivity index (χ3v) is 5.60. The van der Waals surface area contributed by atoms with Crippen molar-refractivity contribution >= 4 is 16.9 Å². The fourth-order valence-electron chi connectivity index (χ4n) is 4.02. The molecule has 2 aromatic carbocycles. The lowest BCUT2D eigenvalue weighted by atomic mass is 9.90. The highest BCUT2D eigenvalue weighted by atomic mass is 16.5. The van der Waals surface area contributed by atoms with Crippen LogP contribution in [-0.2, 0) is 17.6 Å². The molecule has 1 amide bonds. The molecule has 4 rings (SSSR count). The predicted octanol–water partition coefficient (Wildman–Crippen LogP) is 3.85. The monoisotopic (exact) mass is 380 g/mol. The van der Waals surface area contributed by atoms with Crippen molar-refractivity contribution in [2.24, 2.45) is 0 Å². The number of nitrogens with one attached hydrogen (secondary N) is 1. The van der Waals surface area contributed by atoms with Crippen LogP contribution in [-0.4, -0.2) is 36.3 Å². The Morgan fingerprint density at radius 3 is 2.64 bits per heavy atom. The van der Waals surface area contributed by atoms with Gasteiger partial charge in [-0.15, -0.1) is 0 Å². The van der Waals surface area contributed by atoms with Crippen LogP contribution >= 0.6 is 0 Å². The Morgan fingerprint density at radius 2 is 1.89 bits per heavy atom. The number of carbonyl (C=O) groups is 1. The summed E-state index contributed by atoms with van der Waals surface area (Å²) < 4.78 is 10.3. The van der Waals surface area contributed by atoms with Crippen LogP contribution in [0.5, 0.6) is 0 Å². The lowest BCUT2D eigenvalue weighted by molar-refractivity contribution is 0.110. The number of piperidine rings is 1. The topological polar surface area (TPSA) is 75.5 Å². The van der Waals surface area contributed by atoms with Gasteiger partial charge in [0.25, 0.3) is 5.56 Å². The minimum Gasteiger partial charge on any atom is -0.453 e. The Hall–Kier alpha value is -3.02. The van der Waals surface area contributed by atoms with Crippen LogP contribution < -0.4 is 5.56 Å². The van der Waals surface area contributed by atoms with Crippen LogP contribution in [0.3, 0.4) is 0 Å². The molecule has 2 heterocycles. The lowest BCUT2D eigenvalue weighted by Crippen LogP contribution is -2.37. The van der Waals surface area contributed by atoms with E-state index in [0.717, 1.165) is 30.6 Å². The zero-order valence-corrected chi connectivity index (χ0v) is 15.9. The van der Waals surface area contributed by atoms with E-state index in [4.69, 9.17) is 9.26 Å². The van der Waals surface area contributed by atoms with E-state index in [9.17, 15) is 9.59 Å². The summed E-state index contributed by atoms with van der Waals surface area (Å²) in [5, 5.41) is 4.93. The second-order valence-corrected chi connectivity index (χ2v) is 7.29. The number of methoxy groups -OCH3 is 1. The molecule has 3 aromatic rings. The van der Waals surface area contributed by atoms with E-state index >= 15 is 0 Å². The average molecular weight is 380 g/mol. The molecule has 0 radical (unpaired) electrons. The largest absolute Gasteiger partial charge is 0.453 e. The Labute approximate surface area is 163 Å². The van der Waals surface area contributed by atoms with E-state index < -0.39 is 0 Å². The first-order chi connectivity index (χ1) is 13.7. The zero-order chi connectivity index (χ0) is 19.5. The first-order valence-corrected chi connectivity index (χ1v) is 9.66. The molecule has 6 nitrogen and oxygen atoms in total. The number of aromatic amines is 1. The minimum absolute atomic E-state index is 0.145. The maximum Gasteiger partial charge on any atom is 0.409 e. The maximum atomic E-state index is 12.3. The Bertz CT molecular complexity index is 1030. The van der Waals surface area contributed by atoms with E-state index in [1.165, 1.54) is 23.4 Å². The number of nitrogens with zero attached hydrogens (tertiary/aromatic N) is 1. The number of carbonyl (C=O) groups excluding carboxylic acids is 1. The molecule has 1 aliphatic rings. The molecule has 1 N–H and O–H groups in total. The van der Waals surface area contributed by atoms with Gasteiger partial charge >= 0.3 is 6.09 Å². The van der Waals surface area contributed by atoms with Crippen LogP contribution in [0.25, 0.3) is 10.8 Å². The number of benzene rings is 2. The SMILES string of the molecule is COC(=O)N1CCC(c2o[nH]c(=O)c2CCc2ccc3ccccc3c2)CC1. The van der Waals surface area contributed by atoms with Gasteiger partial charge in [0.15, 0.2) is 0 Å². The summed E-state index contributed by atoms with van der Waals surface area (Å²) in [6.45, 7) is 1.21. The van der Waals surface area contributed by atoms with Gasteiger partial charge in [0.2, 0.25) is 0 Å². The standard InChI is InChI=1S/C22H24N2O4/c1-27-22(26)24-12-10-17(11-13-24)20-19(21(25)23-28-20)9-7-15-6-8-16-4-2-3-5-18(16)14-15/h2-6,8,14,17H,7,9-13H2,1H3,(H,23,25). The second kappa shape index (κ2) is 7.92. The highest BCUT2D eigenvalue weighted by molar-refractivity contribution is 5.83. The van der Waals surface area contributed by atoms with Gasteiger partial charge in [0, 0.05) is 19.0 Å². The molecule has 146 valence electrons. The van der Waals surface area contributed by atoms with Gasteiger partial charge in [0.1, 0.15) is 5.76 Å². The molecular formula is C22H24N2O4. The van der Waals surface area contributed by atoms with Crippen molar-refractivity contribution in [3.8, 4) is 0 Å². The Kier molecular flexibility index (Phi) is 5.19. The summed E-state index contributed by atoms with van der Waals surface area (Å²) in [5.74, 6) is 0.891. The number of amides is 1. The Balaban J connectivity index is 1.46. The fourth-order valence-corrected chi connectivity index (χ4v) is 4.02. The lowest BCUT2D eigenvalue weighted by Gasteiger charge is -2.30. The molecule has 0 spiro atoms. The number of hydrogen-bond acceptors (Lipinski definition) is 4. The summed E-state index contributed by atoms with van der Waals surface area (Å²) in [6, 6.07) is 14.7. The summed E-state index contributed by atoms with van der Waals surface area (Å²) in [6.07, 6.45) is 2.64. The molecule has 1 fully saturated rings. The van der Waals surface area contributed by atoms with Crippen LogP contribution in [0.1, 0.15) is 35.6 Å². The summed E-state index contributed by atoms with van der Waals surface area (Å²) in [5.41, 5.74) is 1.78. The fraction of sp³-hybridized carbons (Fsp3) is 0.364. The first-order valence-electron chi connectivity index (χ1n) is 9.66. The third kappa shape index (κ3) is 3.67. The normalized spacial score (nSPS) is 15.1. The summed E-state index contributed by atoms with van der Waals surface area (Å²) >= 11 is 0. The van der Waals surface area contributed by atoms with E-state index in [-0.39, 0.29) is 17.6 Å². The number of rotatable bonds is 4. The van der Waals surface area contributed by atoms with E-state index in [1.54, 1.807) is 4.90 Å². The van der Waals surface area contributed by atoms with Gasteiger partial charge < -0.3 is 14.2 Å². The van der Waals surface area contributed by atoms with Gasteiger partial charge in [-0.1, -0.05) is 42.5 Å². The number of aromatic nitrogens is 1. The molecule has 1 aromatic heterocycles. The van der Waals surface area contributed by atoms with Crippen molar-refractivity contribution < 1.29 is 14.1 Å². The van der Waals surface area contributed by atoms with Crippen molar-refractivity contribution in [3.05, 3.63) is 69.7 Å². The molecule has 1 saturated heterocycles. The third-order valence-electron chi connectivity index (χ3n) is 5.60. The van der Waals surface area contributed by atoms with E-state index in [1.807, 2.05) is 12.1 Å². The number of fused-ring (bicyclic) bond motifs is 1. The number of aryl methyl sites for hydroxylation is 1. The molecule has 0 saturated carbocycles. The van der Waals surface area contributed by atoms with Gasteiger partial charge in [-0.25, -0.2) is 4.79 Å². The molecule has 0 aliphatic carbocycles. The minimum atomic E-state index is -0.300. The van der Waals surface area contributed by atoms with Crippen LogP contribution in [0.15, 0.2) is 51.8 Å².